The number of hydrogen-bond donors (Lipinski definition) is 1. The Bertz CT molecular complexity index is 1750. The largest absolute Gasteiger partial charge is 0.464 e. The molecular weight excluding hydrogens is 785 g/mol. The first-order valence-electron chi connectivity index (χ1n) is 19.1. The molecule has 4 heterocycles. The van der Waals surface area contributed by atoms with Gasteiger partial charge in [-0.05, 0) is 44.1 Å². The number of rotatable bonds is 16. The van der Waals surface area contributed by atoms with Gasteiger partial charge in [0, 0.05) is 76.1 Å². The predicted octanol–water partition coefficient (Wildman–Crippen LogP) is 6.03. The zero-order valence-corrected chi connectivity index (χ0v) is 33.9. The van der Waals surface area contributed by atoms with Gasteiger partial charge in [0.05, 0.1) is 43.3 Å². The first-order chi connectivity index (χ1) is 27.1. The molecule has 2 fully saturated rings. The Balaban J connectivity index is 0.000000352. The molecule has 19 heteroatoms. The van der Waals surface area contributed by atoms with E-state index in [2.05, 4.69) is 5.32 Å². The maximum absolute atomic E-state index is 13.5. The minimum atomic E-state index is -4.76. The molecule has 12 nitrogen and oxygen atoms in total. The van der Waals surface area contributed by atoms with Crippen molar-refractivity contribution in [3.05, 3.63) is 61.9 Å². The number of aromatic nitrogens is 2. The minimum Gasteiger partial charge on any atom is -0.464 e. The lowest BCUT2D eigenvalue weighted by Gasteiger charge is -2.42. The number of alkyl halides is 7. The van der Waals surface area contributed by atoms with Crippen LogP contribution in [0.2, 0.25) is 0 Å². The van der Waals surface area contributed by atoms with E-state index < -0.39 is 65.0 Å². The molecule has 2 saturated heterocycles. The van der Waals surface area contributed by atoms with E-state index in [0.29, 0.717) is 44.0 Å². The lowest BCUT2D eigenvalue weighted by molar-refractivity contribution is -0.148. The molecule has 2 aliphatic rings. The van der Waals surface area contributed by atoms with Crippen LogP contribution in [0.3, 0.4) is 0 Å². The number of hydrogen-bond acceptors (Lipinski definition) is 10. The summed E-state index contributed by atoms with van der Waals surface area (Å²) in [5.74, 6) is -0.798. The zero-order chi connectivity index (χ0) is 44.0. The Morgan fingerprint density at radius 1 is 0.810 bits per heavy atom. The van der Waals surface area contributed by atoms with Crippen LogP contribution in [-0.2, 0) is 47.4 Å². The van der Waals surface area contributed by atoms with Gasteiger partial charge in [0.2, 0.25) is 0 Å². The van der Waals surface area contributed by atoms with E-state index >= 15 is 0 Å². The van der Waals surface area contributed by atoms with E-state index in [9.17, 15) is 54.7 Å². The molecule has 2 aromatic heterocycles. The van der Waals surface area contributed by atoms with Gasteiger partial charge in [0.1, 0.15) is 18.4 Å². The van der Waals surface area contributed by atoms with Gasteiger partial charge in [-0.25, -0.2) is 9.59 Å². The van der Waals surface area contributed by atoms with Crippen LogP contribution in [0.4, 0.5) is 36.4 Å². The lowest BCUT2D eigenvalue weighted by atomic mass is 9.98. The SMILES string of the molecule is CCOC(=O)C(CC(C)C)n1cc(CC=O)c(C(F)(F)F)cc1=O.CCOC(=O)C(CC(C)C)n1cc(N2CC(COC)C2)c(C(F)(F)F)cc1=O.FCC1CNC1. The molecule has 2 aliphatic heterocycles. The van der Waals surface area contributed by atoms with Gasteiger partial charge in [0.25, 0.3) is 11.1 Å². The first-order valence-corrected chi connectivity index (χ1v) is 19.1. The number of ether oxygens (including phenoxy) is 3. The highest BCUT2D eigenvalue weighted by molar-refractivity contribution is 5.75. The van der Waals surface area contributed by atoms with Crippen molar-refractivity contribution in [3.63, 3.8) is 0 Å². The van der Waals surface area contributed by atoms with Crippen LogP contribution < -0.4 is 21.3 Å². The van der Waals surface area contributed by atoms with Crippen LogP contribution in [0.1, 0.15) is 83.2 Å². The van der Waals surface area contributed by atoms with Crippen molar-refractivity contribution in [2.45, 2.75) is 85.2 Å². The molecule has 2 atom stereocenters. The van der Waals surface area contributed by atoms with Crippen LogP contribution in [0.5, 0.6) is 0 Å². The second-order valence-corrected chi connectivity index (χ2v) is 14.8. The summed E-state index contributed by atoms with van der Waals surface area (Å²) < 4.78 is 108. The predicted molar refractivity (Wildman–Crippen MR) is 201 cm³/mol. The quantitative estimate of drug-likeness (QED) is 0.121. The molecule has 58 heavy (non-hydrogen) atoms. The van der Waals surface area contributed by atoms with Crippen molar-refractivity contribution < 1.29 is 59.3 Å². The normalized spacial score (nSPS) is 15.6. The third-order valence-corrected chi connectivity index (χ3v) is 9.10. The number of nitrogens with one attached hydrogen (secondary N) is 1. The van der Waals surface area contributed by atoms with Crippen molar-refractivity contribution >= 4 is 23.9 Å². The van der Waals surface area contributed by atoms with Gasteiger partial charge in [-0.2, -0.15) is 26.3 Å². The molecule has 0 spiro atoms. The van der Waals surface area contributed by atoms with Crippen molar-refractivity contribution in [2.75, 3.05) is 64.7 Å². The molecule has 0 aliphatic carbocycles. The van der Waals surface area contributed by atoms with E-state index in [0.717, 1.165) is 34.6 Å². The van der Waals surface area contributed by atoms with Gasteiger partial charge in [0.15, 0.2) is 0 Å². The van der Waals surface area contributed by atoms with Gasteiger partial charge >= 0.3 is 24.3 Å². The highest BCUT2D eigenvalue weighted by Gasteiger charge is 2.40. The smallest absolute Gasteiger partial charge is 0.418 e. The average Bonchev–Trinajstić information content (AvgIpc) is 3.08. The number of nitrogens with zero attached hydrogens (tertiary/aromatic N) is 3. The van der Waals surface area contributed by atoms with Crippen LogP contribution >= 0.6 is 0 Å². The second kappa shape index (κ2) is 22.8. The van der Waals surface area contributed by atoms with E-state index in [1.807, 2.05) is 27.7 Å². The molecule has 0 radical (unpaired) electrons. The molecule has 328 valence electrons. The number of carbonyl (C=O) groups is 3. The summed E-state index contributed by atoms with van der Waals surface area (Å²) in [6.45, 7) is 13.7. The van der Waals surface area contributed by atoms with Crippen LogP contribution in [-0.4, -0.2) is 87.1 Å². The molecule has 0 amide bonds. The molecule has 0 saturated carbocycles. The number of esters is 2. The van der Waals surface area contributed by atoms with Crippen molar-refractivity contribution in [2.24, 2.45) is 23.7 Å². The Hall–Kier alpha value is -4.26. The van der Waals surface area contributed by atoms with Crippen LogP contribution in [0.25, 0.3) is 0 Å². The third-order valence-electron chi connectivity index (χ3n) is 9.10. The van der Waals surface area contributed by atoms with E-state index in [1.165, 1.54) is 0 Å². The molecule has 2 aromatic rings. The van der Waals surface area contributed by atoms with Gasteiger partial charge in [-0.3, -0.25) is 18.5 Å². The topological polar surface area (TPSA) is 138 Å². The third kappa shape index (κ3) is 14.5. The minimum absolute atomic E-state index is 0.00289. The fourth-order valence-corrected chi connectivity index (χ4v) is 6.19. The zero-order valence-electron chi connectivity index (χ0n) is 33.9. The number of pyridine rings is 2. The van der Waals surface area contributed by atoms with Gasteiger partial charge in [-0.15, -0.1) is 0 Å². The van der Waals surface area contributed by atoms with Gasteiger partial charge < -0.3 is 33.8 Å². The molecule has 0 bridgehead atoms. The summed E-state index contributed by atoms with van der Waals surface area (Å²) >= 11 is 0. The van der Waals surface area contributed by atoms with Crippen molar-refractivity contribution in [3.8, 4) is 0 Å². The van der Waals surface area contributed by atoms with Crippen molar-refractivity contribution in [1.82, 2.24) is 14.5 Å². The summed E-state index contributed by atoms with van der Waals surface area (Å²) in [6.07, 6.45) is -7.01. The van der Waals surface area contributed by atoms with Crippen LogP contribution in [0.15, 0.2) is 34.1 Å². The molecule has 1 N–H and O–H groups in total. The first kappa shape index (κ1) is 49.9. The fraction of sp³-hybridized carbons (Fsp3) is 0.667. The maximum atomic E-state index is 13.5. The summed E-state index contributed by atoms with van der Waals surface area (Å²) in [5.41, 5.74) is -4.44. The monoisotopic (exact) mass is 840 g/mol. The summed E-state index contributed by atoms with van der Waals surface area (Å²) in [6, 6.07) is -1.01. The Labute approximate surface area is 333 Å². The second-order valence-electron chi connectivity index (χ2n) is 14.8. The standard InChI is InChI=1S/C19H27F3N2O4.C16H20F3NO4.C4H8FN/c1-5-28-18(26)15(6-12(2)3)24-10-16(23-8-13(9-23)11-27-4)14(7-17(24)25)19(20,21)22;1-4-24-15(23)13(7-10(2)3)20-9-11(5-6-21)12(8-14(20)22)16(17,18)19;5-1-4-2-6-3-4/h7,10,12-13,15H,5-6,8-9,11H2,1-4H3;6,8-10,13H,4-5,7H2,1-3H3;4,6H,1-3H2. The van der Waals surface area contributed by atoms with Gasteiger partial charge in [-0.1, -0.05) is 27.7 Å². The summed E-state index contributed by atoms with van der Waals surface area (Å²) in [5, 5.41) is 2.97. The molecule has 2 unspecified atom stereocenters. The molecule has 0 aromatic carbocycles. The Kier molecular flexibility index (Phi) is 19.6. The summed E-state index contributed by atoms with van der Waals surface area (Å²) in [7, 11) is 1.54. The van der Waals surface area contributed by atoms with E-state index in [1.54, 1.807) is 25.9 Å². The highest BCUT2D eigenvalue weighted by atomic mass is 19.4. The maximum Gasteiger partial charge on any atom is 0.418 e. The Morgan fingerprint density at radius 2 is 1.28 bits per heavy atom. The Morgan fingerprint density at radius 3 is 1.62 bits per heavy atom. The average molecular weight is 841 g/mol. The van der Waals surface area contributed by atoms with Crippen LogP contribution in [0, 0.1) is 23.7 Å². The number of anilines is 1. The van der Waals surface area contributed by atoms with E-state index in [-0.39, 0.29) is 61.7 Å². The van der Waals surface area contributed by atoms with E-state index in [4.69, 9.17) is 14.2 Å². The highest BCUT2D eigenvalue weighted by Crippen LogP contribution is 2.39. The molecule has 4 rings (SSSR count). The summed E-state index contributed by atoms with van der Waals surface area (Å²) in [4.78, 5) is 61.4. The number of halogens is 7. The number of aldehydes is 1. The molecular formula is C39H55F7N4O8. The number of carbonyl (C=O) groups excluding carboxylic acids is 3. The van der Waals surface area contributed by atoms with Crippen molar-refractivity contribution in [1.29, 1.82) is 0 Å². The lowest BCUT2D eigenvalue weighted by Crippen LogP contribution is -2.50. The number of methoxy groups -OCH3 is 1. The fourth-order valence-electron chi connectivity index (χ4n) is 6.19.